The van der Waals surface area contributed by atoms with Crippen LogP contribution in [0.15, 0.2) is 225 Å². The van der Waals surface area contributed by atoms with Gasteiger partial charge in [0.1, 0.15) is 0 Å². The van der Waals surface area contributed by atoms with E-state index < -0.39 is 0 Å². The molecule has 340 valence electrons. The van der Waals surface area contributed by atoms with Gasteiger partial charge >= 0.3 is 0 Å². The van der Waals surface area contributed by atoms with E-state index >= 15 is 0 Å². The molecule has 0 bridgehead atoms. The SMILES string of the molecule is CC1(C)c2ccccc2-c2ccc(-c3cc(-c4ccc5c(c4)C(C)(C)c4ccccc4-5)c4cc(-c5ccc(-c6cccc7cccnc67)cc5)nc(-c5ccc(-c6cccc7cccnc67)cc5)c4c3)cc21. The number of pyridine rings is 3. The molecular weight excluding hydrogens is 871 g/mol. The average molecular weight is 920 g/mol. The highest BCUT2D eigenvalue weighted by molar-refractivity contribution is 6.08. The van der Waals surface area contributed by atoms with E-state index in [2.05, 4.69) is 228 Å². The Morgan fingerprint density at radius 3 is 1.33 bits per heavy atom. The summed E-state index contributed by atoms with van der Waals surface area (Å²) in [5, 5.41) is 4.52. The molecule has 3 nitrogen and oxygen atoms in total. The van der Waals surface area contributed by atoms with Gasteiger partial charge in [0.25, 0.3) is 0 Å². The van der Waals surface area contributed by atoms with Crippen LogP contribution in [0.3, 0.4) is 0 Å². The highest BCUT2D eigenvalue weighted by atomic mass is 14.7. The molecule has 2 aliphatic carbocycles. The lowest BCUT2D eigenvalue weighted by Gasteiger charge is -2.23. The van der Waals surface area contributed by atoms with Crippen LogP contribution < -0.4 is 0 Å². The summed E-state index contributed by atoms with van der Waals surface area (Å²) in [5.74, 6) is 0. The zero-order valence-corrected chi connectivity index (χ0v) is 40.7. The quantitative estimate of drug-likeness (QED) is 0.167. The summed E-state index contributed by atoms with van der Waals surface area (Å²) in [4.78, 5) is 15.3. The molecule has 3 heteroatoms. The van der Waals surface area contributed by atoms with Crippen molar-refractivity contribution >= 4 is 32.6 Å². The predicted octanol–water partition coefficient (Wildman–Crippen LogP) is 17.9. The molecule has 0 unspecified atom stereocenters. The molecule has 3 heterocycles. The summed E-state index contributed by atoms with van der Waals surface area (Å²) in [6, 6.07) is 78.2. The van der Waals surface area contributed by atoms with Gasteiger partial charge in [-0.3, -0.25) is 9.97 Å². The average Bonchev–Trinajstić information content (AvgIpc) is 3.80. The number of benzene rings is 9. The van der Waals surface area contributed by atoms with Crippen molar-refractivity contribution in [3.8, 4) is 89.3 Å². The van der Waals surface area contributed by atoms with Crippen LogP contribution in [-0.2, 0) is 10.8 Å². The molecule has 0 radical (unpaired) electrons. The molecule has 0 amide bonds. The van der Waals surface area contributed by atoms with E-state index in [1.54, 1.807) is 0 Å². The Morgan fingerprint density at radius 2 is 0.750 bits per heavy atom. The van der Waals surface area contributed by atoms with Crippen molar-refractivity contribution in [1.29, 1.82) is 0 Å². The third-order valence-electron chi connectivity index (χ3n) is 16.0. The zero-order chi connectivity index (χ0) is 48.3. The second kappa shape index (κ2) is 15.9. The second-order valence-corrected chi connectivity index (χ2v) is 20.8. The Morgan fingerprint density at radius 1 is 0.292 bits per heavy atom. The number of para-hydroxylation sites is 2. The number of rotatable bonds is 6. The number of fused-ring (bicyclic) bond motifs is 9. The van der Waals surface area contributed by atoms with Gasteiger partial charge in [-0.05, 0) is 126 Å². The minimum absolute atomic E-state index is 0.134. The highest BCUT2D eigenvalue weighted by Gasteiger charge is 2.37. The number of nitrogens with zero attached hydrogens (tertiary/aromatic N) is 3. The number of hydrogen-bond donors (Lipinski definition) is 0. The van der Waals surface area contributed by atoms with E-state index in [1.165, 1.54) is 61.2 Å². The van der Waals surface area contributed by atoms with Gasteiger partial charge in [-0.15, -0.1) is 0 Å². The van der Waals surface area contributed by atoms with Gasteiger partial charge in [0.05, 0.1) is 22.4 Å². The van der Waals surface area contributed by atoms with Crippen molar-refractivity contribution in [1.82, 2.24) is 15.0 Å². The van der Waals surface area contributed by atoms with Gasteiger partial charge in [0, 0.05) is 61.6 Å². The van der Waals surface area contributed by atoms with Crippen LogP contribution in [0.25, 0.3) is 122 Å². The van der Waals surface area contributed by atoms with E-state index in [-0.39, 0.29) is 10.8 Å². The smallest absolute Gasteiger partial charge is 0.0788 e. The maximum atomic E-state index is 5.71. The Kier molecular flexibility index (Phi) is 9.28. The van der Waals surface area contributed by atoms with Crippen molar-refractivity contribution in [2.24, 2.45) is 0 Å². The molecule has 9 aromatic carbocycles. The molecule has 0 saturated carbocycles. The summed E-state index contributed by atoms with van der Waals surface area (Å²) in [6.45, 7) is 9.47. The van der Waals surface area contributed by atoms with Crippen LogP contribution in [0.1, 0.15) is 49.9 Å². The van der Waals surface area contributed by atoms with Crippen LogP contribution in [0.5, 0.6) is 0 Å². The maximum Gasteiger partial charge on any atom is 0.0788 e. The molecule has 0 saturated heterocycles. The minimum atomic E-state index is -0.156. The highest BCUT2D eigenvalue weighted by Crippen LogP contribution is 2.52. The first-order valence-corrected chi connectivity index (χ1v) is 25.1. The van der Waals surface area contributed by atoms with Gasteiger partial charge in [-0.2, -0.15) is 0 Å². The Hall–Kier alpha value is -8.79. The first-order chi connectivity index (χ1) is 35.2. The Bertz CT molecular complexity index is 4190. The molecule has 3 aromatic heterocycles. The molecule has 72 heavy (non-hydrogen) atoms. The monoisotopic (exact) mass is 919 g/mol. The fraction of sp³-hybridized carbons (Fsp3) is 0.0870. The van der Waals surface area contributed by atoms with Crippen LogP contribution >= 0.6 is 0 Å². The molecule has 0 spiro atoms. The molecule has 0 fully saturated rings. The van der Waals surface area contributed by atoms with E-state index in [0.717, 1.165) is 82.9 Å². The van der Waals surface area contributed by atoms with Gasteiger partial charge in [0.15, 0.2) is 0 Å². The molecule has 14 rings (SSSR count). The molecule has 2 aliphatic rings. The standard InChI is InChI=1S/C69H49N3/c1-68(2)60-21-7-5-17-53(60)55-33-31-48(39-62(55)68)50-37-57(49-32-34-56-54-18-6-8-22-61(54)69(3,4)63(56)40-49)58-41-64(44-27-23-42(24-28-44)51-19-9-13-45-15-11-35-70-65(45)51)72-67(59(58)38-50)47-29-25-43(26-30-47)52-20-10-14-46-16-12-36-71-66(46)52/h5-41H,1-4H3. The van der Waals surface area contributed by atoms with E-state index in [4.69, 9.17) is 15.0 Å². The summed E-state index contributed by atoms with van der Waals surface area (Å²) < 4.78 is 0. The summed E-state index contributed by atoms with van der Waals surface area (Å²) in [7, 11) is 0. The molecule has 12 aromatic rings. The van der Waals surface area contributed by atoms with Gasteiger partial charge < -0.3 is 0 Å². The fourth-order valence-electron chi connectivity index (χ4n) is 12.2. The maximum absolute atomic E-state index is 5.71. The lowest BCUT2D eigenvalue weighted by molar-refractivity contribution is 0.660. The van der Waals surface area contributed by atoms with Crippen LogP contribution in [0.2, 0.25) is 0 Å². The predicted molar refractivity (Wildman–Crippen MR) is 300 cm³/mol. The van der Waals surface area contributed by atoms with E-state index in [0.29, 0.717) is 0 Å². The van der Waals surface area contributed by atoms with Crippen LogP contribution in [0.4, 0.5) is 0 Å². The van der Waals surface area contributed by atoms with Crippen LogP contribution in [-0.4, -0.2) is 15.0 Å². The van der Waals surface area contributed by atoms with Gasteiger partial charge in [-0.25, -0.2) is 4.98 Å². The summed E-state index contributed by atoms with van der Waals surface area (Å²) in [5.41, 5.74) is 25.6. The van der Waals surface area contributed by atoms with Crippen LogP contribution in [0, 0.1) is 0 Å². The van der Waals surface area contributed by atoms with Gasteiger partial charge in [0.2, 0.25) is 0 Å². The minimum Gasteiger partial charge on any atom is -0.256 e. The number of aromatic nitrogens is 3. The molecule has 0 aliphatic heterocycles. The van der Waals surface area contributed by atoms with Crippen molar-refractivity contribution < 1.29 is 0 Å². The van der Waals surface area contributed by atoms with E-state index in [9.17, 15) is 0 Å². The number of hydrogen-bond acceptors (Lipinski definition) is 3. The largest absolute Gasteiger partial charge is 0.256 e. The Labute approximate surface area is 420 Å². The first-order valence-electron chi connectivity index (χ1n) is 25.1. The summed E-state index contributed by atoms with van der Waals surface area (Å²) >= 11 is 0. The van der Waals surface area contributed by atoms with Crippen molar-refractivity contribution in [2.45, 2.75) is 38.5 Å². The van der Waals surface area contributed by atoms with Crippen molar-refractivity contribution in [2.75, 3.05) is 0 Å². The third kappa shape index (κ3) is 6.47. The van der Waals surface area contributed by atoms with Gasteiger partial charge in [-0.1, -0.05) is 198 Å². The summed E-state index contributed by atoms with van der Waals surface area (Å²) in [6.07, 6.45) is 3.75. The lowest BCUT2D eigenvalue weighted by Crippen LogP contribution is -2.15. The van der Waals surface area contributed by atoms with Crippen molar-refractivity contribution in [3.63, 3.8) is 0 Å². The van der Waals surface area contributed by atoms with E-state index in [1.807, 2.05) is 24.5 Å². The lowest BCUT2D eigenvalue weighted by atomic mass is 9.80. The topological polar surface area (TPSA) is 38.7 Å². The molecular formula is C69H49N3. The first kappa shape index (κ1) is 42.1. The fourth-order valence-corrected chi connectivity index (χ4v) is 12.2. The zero-order valence-electron chi connectivity index (χ0n) is 40.7. The molecule has 0 atom stereocenters. The normalized spacial score (nSPS) is 13.8. The Balaban J connectivity index is 1.00. The molecule has 0 N–H and O–H groups in total. The second-order valence-electron chi connectivity index (χ2n) is 20.8. The van der Waals surface area contributed by atoms with Crippen molar-refractivity contribution in [3.05, 3.63) is 247 Å². The third-order valence-corrected chi connectivity index (χ3v) is 16.0.